The normalized spacial score (nSPS) is 19.7. The topological polar surface area (TPSA) is 47.1 Å². The van der Waals surface area contributed by atoms with E-state index in [2.05, 4.69) is 85.2 Å². The van der Waals surface area contributed by atoms with Gasteiger partial charge in [-0.15, -0.1) is 0 Å². The van der Waals surface area contributed by atoms with Gasteiger partial charge in [0.25, 0.3) is 0 Å². The first-order valence-corrected chi connectivity index (χ1v) is 13.6. The molecule has 0 saturated carbocycles. The first-order chi connectivity index (χ1) is 18.3. The quantitative estimate of drug-likeness (QED) is 0.465. The van der Waals surface area contributed by atoms with Gasteiger partial charge in [0, 0.05) is 56.2 Å². The fourth-order valence-corrected chi connectivity index (χ4v) is 5.95. The first-order valence-electron chi connectivity index (χ1n) is 13.6. The van der Waals surface area contributed by atoms with E-state index in [4.69, 9.17) is 0 Å². The Balaban J connectivity index is 1.43. The number of hydrogen-bond donors (Lipinski definition) is 0. The Kier molecular flexibility index (Phi) is 7.52. The number of benzene rings is 3. The summed E-state index contributed by atoms with van der Waals surface area (Å²) < 4.78 is 0. The van der Waals surface area contributed by atoms with E-state index in [0.29, 0.717) is 13.0 Å². The van der Waals surface area contributed by atoms with Crippen LogP contribution in [-0.4, -0.2) is 55.5 Å². The van der Waals surface area contributed by atoms with Crippen LogP contribution in [0.5, 0.6) is 0 Å². The van der Waals surface area contributed by atoms with Gasteiger partial charge >= 0.3 is 0 Å². The average molecular weight is 511 g/mol. The van der Waals surface area contributed by atoms with Crippen molar-refractivity contribution >= 4 is 28.9 Å². The first kappa shape index (κ1) is 26.0. The van der Waals surface area contributed by atoms with Gasteiger partial charge in [0.15, 0.2) is 0 Å². The molecule has 3 aromatic rings. The van der Waals surface area contributed by atoms with Gasteiger partial charge in [0.05, 0.1) is 12.6 Å². The molecule has 0 bridgehead atoms. The van der Waals surface area contributed by atoms with Gasteiger partial charge in [-0.3, -0.25) is 14.5 Å². The molecule has 38 heavy (non-hydrogen) atoms. The molecule has 1 saturated heterocycles. The molecule has 2 atom stereocenters. The van der Waals surface area contributed by atoms with Crippen LogP contribution in [0.1, 0.15) is 43.0 Å². The fourth-order valence-electron chi connectivity index (χ4n) is 5.95. The largest absolute Gasteiger partial charge is 0.369 e. The average Bonchev–Trinajstić information content (AvgIpc) is 2.91. The van der Waals surface area contributed by atoms with Crippen LogP contribution >= 0.6 is 0 Å². The van der Waals surface area contributed by atoms with Gasteiger partial charge in [-0.25, -0.2) is 0 Å². The van der Waals surface area contributed by atoms with Gasteiger partial charge in [-0.2, -0.15) is 0 Å². The summed E-state index contributed by atoms with van der Waals surface area (Å²) >= 11 is 0. The zero-order valence-electron chi connectivity index (χ0n) is 22.9. The molecule has 3 aromatic carbocycles. The maximum absolute atomic E-state index is 14.2. The van der Waals surface area contributed by atoms with Gasteiger partial charge < -0.3 is 14.7 Å². The standard InChI is InChI=1S/C32H38N4O2/c1-23-10-13-28(14-11-23)36(31-21-25(3)35(26(4)37)30-15-12-24(2)20-29(30)31)32(38)22-33-16-18-34(19-17-33)27-8-6-5-7-9-27/h5-15,20,25,31H,16-19,21-22H2,1-4H3/t25-,31-/m0/s1. The highest BCUT2D eigenvalue weighted by atomic mass is 16.2. The minimum absolute atomic E-state index is 0.0112. The highest BCUT2D eigenvalue weighted by Crippen LogP contribution is 2.43. The highest BCUT2D eigenvalue weighted by Gasteiger charge is 2.38. The third kappa shape index (κ3) is 5.32. The molecule has 0 aromatic heterocycles. The van der Waals surface area contributed by atoms with Crippen LogP contribution in [0.25, 0.3) is 0 Å². The van der Waals surface area contributed by atoms with Gasteiger partial charge in [-0.1, -0.05) is 53.6 Å². The fraction of sp³-hybridized carbons (Fsp3) is 0.375. The zero-order chi connectivity index (χ0) is 26.8. The van der Waals surface area contributed by atoms with E-state index in [-0.39, 0.29) is 23.9 Å². The van der Waals surface area contributed by atoms with Crippen molar-refractivity contribution in [2.75, 3.05) is 47.4 Å². The number of aryl methyl sites for hydroxylation is 2. The van der Waals surface area contributed by atoms with Crippen molar-refractivity contribution in [3.8, 4) is 0 Å². The summed E-state index contributed by atoms with van der Waals surface area (Å²) in [6, 6.07) is 24.8. The number of para-hydroxylation sites is 1. The number of hydrogen-bond acceptors (Lipinski definition) is 4. The number of piperazine rings is 1. The Bertz CT molecular complexity index is 1280. The lowest BCUT2D eigenvalue weighted by Crippen LogP contribution is -2.52. The molecule has 6 heteroatoms. The molecule has 2 aliphatic rings. The number of amides is 2. The van der Waals surface area contributed by atoms with Crippen LogP contribution < -0.4 is 14.7 Å². The Hall–Kier alpha value is -3.64. The minimum Gasteiger partial charge on any atom is -0.369 e. The van der Waals surface area contributed by atoms with Gasteiger partial charge in [0.1, 0.15) is 0 Å². The summed E-state index contributed by atoms with van der Waals surface area (Å²) in [6.45, 7) is 11.7. The third-order valence-corrected chi connectivity index (χ3v) is 7.89. The number of carbonyl (C=O) groups is 2. The Morgan fingerprint density at radius 3 is 2.18 bits per heavy atom. The van der Waals surface area contributed by atoms with Crippen molar-refractivity contribution in [2.45, 2.75) is 46.2 Å². The minimum atomic E-state index is -0.142. The van der Waals surface area contributed by atoms with E-state index in [1.54, 1.807) is 6.92 Å². The molecule has 2 aliphatic heterocycles. The molecular weight excluding hydrogens is 472 g/mol. The Labute approximate surface area is 226 Å². The molecule has 2 amide bonds. The van der Waals surface area contributed by atoms with E-state index >= 15 is 0 Å². The van der Waals surface area contributed by atoms with Crippen LogP contribution in [0.4, 0.5) is 17.1 Å². The van der Waals surface area contributed by atoms with Gasteiger partial charge in [0.2, 0.25) is 11.8 Å². The smallest absolute Gasteiger partial charge is 0.241 e. The molecule has 0 N–H and O–H groups in total. The number of fused-ring (bicyclic) bond motifs is 1. The monoisotopic (exact) mass is 510 g/mol. The van der Waals surface area contributed by atoms with Crippen LogP contribution in [0.3, 0.4) is 0 Å². The lowest BCUT2D eigenvalue weighted by molar-refractivity contribution is -0.120. The molecule has 1 fully saturated rings. The molecule has 2 heterocycles. The highest BCUT2D eigenvalue weighted by molar-refractivity contribution is 5.98. The van der Waals surface area contributed by atoms with Crippen LogP contribution in [0.2, 0.25) is 0 Å². The molecule has 0 radical (unpaired) electrons. The predicted molar refractivity (Wildman–Crippen MR) is 155 cm³/mol. The van der Waals surface area contributed by atoms with Crippen molar-refractivity contribution < 1.29 is 9.59 Å². The Morgan fingerprint density at radius 1 is 0.868 bits per heavy atom. The van der Waals surface area contributed by atoms with Crippen LogP contribution in [0, 0.1) is 13.8 Å². The molecule has 198 valence electrons. The lowest BCUT2D eigenvalue weighted by Gasteiger charge is -2.44. The second-order valence-electron chi connectivity index (χ2n) is 10.7. The molecule has 0 spiro atoms. The molecule has 0 aliphatic carbocycles. The SMILES string of the molecule is CC(=O)N1c2ccc(C)cc2[C@@H](N(C(=O)CN2CCN(c3ccccc3)CC2)c2ccc(C)cc2)C[C@@H]1C. The van der Waals surface area contributed by atoms with E-state index in [1.165, 1.54) is 5.69 Å². The summed E-state index contributed by atoms with van der Waals surface area (Å²) in [4.78, 5) is 35.3. The molecule has 5 rings (SSSR count). The molecule has 6 nitrogen and oxygen atoms in total. The summed E-state index contributed by atoms with van der Waals surface area (Å²) in [5, 5.41) is 0. The number of carbonyl (C=O) groups excluding carboxylic acids is 2. The van der Waals surface area contributed by atoms with E-state index < -0.39 is 0 Å². The van der Waals surface area contributed by atoms with Crippen molar-refractivity contribution in [3.05, 3.63) is 89.5 Å². The number of anilines is 3. The van der Waals surface area contributed by atoms with Crippen LogP contribution in [0.15, 0.2) is 72.8 Å². The third-order valence-electron chi connectivity index (χ3n) is 7.89. The van der Waals surface area contributed by atoms with Crippen molar-refractivity contribution in [2.24, 2.45) is 0 Å². The zero-order valence-corrected chi connectivity index (χ0v) is 22.9. The predicted octanol–water partition coefficient (Wildman–Crippen LogP) is 5.35. The molecular formula is C32H38N4O2. The summed E-state index contributed by atoms with van der Waals surface area (Å²) in [6.07, 6.45) is 0.692. The maximum Gasteiger partial charge on any atom is 0.241 e. The van der Waals surface area contributed by atoms with E-state index in [0.717, 1.165) is 54.2 Å². The van der Waals surface area contributed by atoms with E-state index in [1.807, 2.05) is 28.0 Å². The maximum atomic E-state index is 14.2. The second-order valence-corrected chi connectivity index (χ2v) is 10.7. The van der Waals surface area contributed by atoms with Gasteiger partial charge in [-0.05, 0) is 63.1 Å². The number of nitrogens with zero attached hydrogens (tertiary/aromatic N) is 4. The summed E-state index contributed by atoms with van der Waals surface area (Å²) in [5.74, 6) is 0.133. The van der Waals surface area contributed by atoms with Crippen molar-refractivity contribution in [1.82, 2.24) is 4.90 Å². The van der Waals surface area contributed by atoms with Crippen LogP contribution in [-0.2, 0) is 9.59 Å². The van der Waals surface area contributed by atoms with Crippen molar-refractivity contribution in [1.29, 1.82) is 0 Å². The number of rotatable bonds is 5. The summed E-state index contributed by atoms with van der Waals surface area (Å²) in [5.41, 5.74) is 6.38. The van der Waals surface area contributed by atoms with Crippen molar-refractivity contribution in [3.63, 3.8) is 0 Å². The summed E-state index contributed by atoms with van der Waals surface area (Å²) in [7, 11) is 0. The molecule has 0 unspecified atom stereocenters. The lowest BCUT2D eigenvalue weighted by atomic mass is 9.88. The Morgan fingerprint density at radius 2 is 1.53 bits per heavy atom. The van der Waals surface area contributed by atoms with E-state index in [9.17, 15) is 9.59 Å². The second kappa shape index (κ2) is 11.0.